The molecule has 0 spiro atoms. The highest BCUT2D eigenvalue weighted by Crippen LogP contribution is 2.17. The smallest absolute Gasteiger partial charge is 0.323 e. The van der Waals surface area contributed by atoms with Gasteiger partial charge in [0.15, 0.2) is 0 Å². The van der Waals surface area contributed by atoms with E-state index in [1.165, 1.54) is 18.2 Å². The molecular weight excluding hydrogens is 228 g/mol. The molecule has 0 heterocycles. The molecule has 17 heavy (non-hydrogen) atoms. The number of benzene rings is 1. The Labute approximate surface area is 96.8 Å². The van der Waals surface area contributed by atoms with Crippen molar-refractivity contribution in [1.29, 1.82) is 0 Å². The van der Waals surface area contributed by atoms with Crippen molar-refractivity contribution in [2.75, 3.05) is 6.61 Å². The van der Waals surface area contributed by atoms with Crippen molar-refractivity contribution in [2.45, 2.75) is 12.6 Å². The lowest BCUT2D eigenvalue weighted by atomic mass is 10.1. The summed E-state index contributed by atoms with van der Waals surface area (Å²) in [5.41, 5.74) is 0.291. The molecule has 0 aliphatic rings. The van der Waals surface area contributed by atoms with Crippen LogP contribution in [0.25, 0.3) is 0 Å². The van der Waals surface area contributed by atoms with Gasteiger partial charge in [-0.3, -0.25) is 20.2 Å². The Balaban J connectivity index is 2.75. The van der Waals surface area contributed by atoms with Crippen LogP contribution in [0, 0.1) is 10.1 Å². The van der Waals surface area contributed by atoms with Crippen molar-refractivity contribution < 1.29 is 19.9 Å². The second kappa shape index (κ2) is 5.92. The first-order valence-electron chi connectivity index (χ1n) is 4.85. The van der Waals surface area contributed by atoms with Crippen molar-refractivity contribution in [3.8, 4) is 0 Å². The predicted molar refractivity (Wildman–Crippen MR) is 58.4 cm³/mol. The summed E-state index contributed by atoms with van der Waals surface area (Å²) in [5, 5.41) is 30.7. The number of rotatable bonds is 6. The van der Waals surface area contributed by atoms with E-state index in [-0.39, 0.29) is 12.2 Å². The van der Waals surface area contributed by atoms with Crippen LogP contribution in [0.3, 0.4) is 0 Å². The highest BCUT2D eigenvalue weighted by atomic mass is 16.6. The van der Waals surface area contributed by atoms with E-state index in [2.05, 4.69) is 5.32 Å². The fourth-order valence-corrected chi connectivity index (χ4v) is 1.30. The van der Waals surface area contributed by atoms with Crippen LogP contribution >= 0.6 is 0 Å². The third-order valence-electron chi connectivity index (χ3n) is 2.21. The van der Waals surface area contributed by atoms with Crippen molar-refractivity contribution in [2.24, 2.45) is 0 Å². The van der Waals surface area contributed by atoms with Gasteiger partial charge in [0.25, 0.3) is 5.69 Å². The Morgan fingerprint density at radius 1 is 1.47 bits per heavy atom. The van der Waals surface area contributed by atoms with Gasteiger partial charge >= 0.3 is 5.97 Å². The average molecular weight is 240 g/mol. The van der Waals surface area contributed by atoms with Gasteiger partial charge in [0.2, 0.25) is 0 Å². The van der Waals surface area contributed by atoms with Crippen LogP contribution in [-0.2, 0) is 11.3 Å². The van der Waals surface area contributed by atoms with E-state index in [1.54, 1.807) is 6.07 Å². The molecule has 0 radical (unpaired) electrons. The van der Waals surface area contributed by atoms with Crippen molar-refractivity contribution in [3.05, 3.63) is 39.9 Å². The number of carboxylic acid groups (broad SMARTS) is 1. The molecule has 0 aliphatic carbocycles. The summed E-state index contributed by atoms with van der Waals surface area (Å²) >= 11 is 0. The summed E-state index contributed by atoms with van der Waals surface area (Å²) in [7, 11) is 0. The maximum Gasteiger partial charge on any atom is 0.323 e. The molecule has 0 amide bonds. The number of nitro groups is 1. The van der Waals surface area contributed by atoms with Crippen LogP contribution in [0.5, 0.6) is 0 Å². The van der Waals surface area contributed by atoms with Gasteiger partial charge in [-0.25, -0.2) is 0 Å². The molecule has 7 heteroatoms. The van der Waals surface area contributed by atoms with Crippen LogP contribution in [-0.4, -0.2) is 33.8 Å². The van der Waals surface area contributed by atoms with E-state index in [9.17, 15) is 14.9 Å². The molecule has 1 rings (SSSR count). The van der Waals surface area contributed by atoms with Crippen LogP contribution in [0.15, 0.2) is 24.3 Å². The lowest BCUT2D eigenvalue weighted by Gasteiger charge is -2.11. The second-order valence-corrected chi connectivity index (χ2v) is 3.34. The van der Waals surface area contributed by atoms with E-state index in [1.807, 2.05) is 0 Å². The maximum absolute atomic E-state index is 10.7. The lowest BCUT2D eigenvalue weighted by molar-refractivity contribution is -0.385. The molecule has 0 aromatic heterocycles. The molecule has 92 valence electrons. The van der Waals surface area contributed by atoms with E-state index < -0.39 is 23.5 Å². The Bertz CT molecular complexity index is 421. The van der Waals surface area contributed by atoms with Crippen LogP contribution < -0.4 is 5.32 Å². The number of aliphatic hydroxyl groups excluding tert-OH is 1. The first-order chi connectivity index (χ1) is 8.06. The molecule has 0 bridgehead atoms. The van der Waals surface area contributed by atoms with E-state index in [0.717, 1.165) is 0 Å². The van der Waals surface area contributed by atoms with Gasteiger partial charge in [-0.2, -0.15) is 0 Å². The number of aliphatic hydroxyl groups is 1. The number of para-hydroxylation sites is 1. The fraction of sp³-hybridized carbons (Fsp3) is 0.300. The van der Waals surface area contributed by atoms with Crippen molar-refractivity contribution in [1.82, 2.24) is 5.32 Å². The third kappa shape index (κ3) is 3.51. The summed E-state index contributed by atoms with van der Waals surface area (Å²) in [4.78, 5) is 20.8. The van der Waals surface area contributed by atoms with E-state index in [4.69, 9.17) is 10.2 Å². The van der Waals surface area contributed by atoms with Gasteiger partial charge < -0.3 is 10.2 Å². The standard InChI is InChI=1S/C10H12N2O5/c13-6-8(10(14)15)11-5-7-3-1-2-4-9(7)12(16)17/h1-4,8,11,13H,5-6H2,(H,14,15). The molecule has 3 N–H and O–H groups in total. The van der Waals surface area contributed by atoms with Gasteiger partial charge in [-0.05, 0) is 0 Å². The van der Waals surface area contributed by atoms with Gasteiger partial charge in [0.1, 0.15) is 6.04 Å². The van der Waals surface area contributed by atoms with Gasteiger partial charge in [0, 0.05) is 18.2 Å². The maximum atomic E-state index is 10.7. The Kier molecular flexibility index (Phi) is 4.56. The summed E-state index contributed by atoms with van der Waals surface area (Å²) < 4.78 is 0. The fourth-order valence-electron chi connectivity index (χ4n) is 1.30. The monoisotopic (exact) mass is 240 g/mol. The lowest BCUT2D eigenvalue weighted by Crippen LogP contribution is -2.39. The van der Waals surface area contributed by atoms with E-state index in [0.29, 0.717) is 5.56 Å². The molecule has 0 fully saturated rings. The molecular formula is C10H12N2O5. The van der Waals surface area contributed by atoms with Crippen LogP contribution in [0.1, 0.15) is 5.56 Å². The zero-order valence-corrected chi connectivity index (χ0v) is 8.87. The summed E-state index contributed by atoms with van der Waals surface area (Å²) in [5.74, 6) is -1.20. The van der Waals surface area contributed by atoms with Crippen LogP contribution in [0.2, 0.25) is 0 Å². The Morgan fingerprint density at radius 3 is 2.65 bits per heavy atom. The third-order valence-corrected chi connectivity index (χ3v) is 2.21. The summed E-state index contributed by atoms with van der Waals surface area (Å²) in [6.45, 7) is -0.565. The zero-order chi connectivity index (χ0) is 12.8. The molecule has 0 aliphatic heterocycles. The minimum Gasteiger partial charge on any atom is -0.480 e. The highest BCUT2D eigenvalue weighted by Gasteiger charge is 2.18. The predicted octanol–water partition coefficient (Wildman–Crippen LogP) is 0.130. The number of nitrogens with zero attached hydrogens (tertiary/aromatic N) is 1. The molecule has 1 atom stereocenters. The number of aliphatic carboxylic acids is 1. The number of nitrogens with one attached hydrogen (secondary N) is 1. The molecule has 0 saturated heterocycles. The highest BCUT2D eigenvalue weighted by molar-refractivity contribution is 5.73. The van der Waals surface area contributed by atoms with Crippen LogP contribution in [0.4, 0.5) is 5.69 Å². The molecule has 1 unspecified atom stereocenters. The minimum atomic E-state index is -1.20. The number of carbonyl (C=O) groups is 1. The normalized spacial score (nSPS) is 12.1. The van der Waals surface area contributed by atoms with Gasteiger partial charge in [0.05, 0.1) is 11.5 Å². The average Bonchev–Trinajstić information content (AvgIpc) is 2.29. The topological polar surface area (TPSA) is 113 Å². The molecule has 7 nitrogen and oxygen atoms in total. The molecule has 0 saturated carbocycles. The zero-order valence-electron chi connectivity index (χ0n) is 8.87. The first-order valence-corrected chi connectivity index (χ1v) is 4.85. The van der Waals surface area contributed by atoms with Gasteiger partial charge in [-0.1, -0.05) is 18.2 Å². The number of carboxylic acids is 1. The van der Waals surface area contributed by atoms with E-state index >= 15 is 0 Å². The first kappa shape index (κ1) is 13.1. The van der Waals surface area contributed by atoms with Crippen molar-refractivity contribution >= 4 is 11.7 Å². The SMILES string of the molecule is O=C(O)C(CO)NCc1ccccc1[N+](=O)[O-]. The molecule has 1 aromatic rings. The quantitative estimate of drug-likeness (QED) is 0.481. The summed E-state index contributed by atoms with van der Waals surface area (Å²) in [6, 6.07) is 4.89. The van der Waals surface area contributed by atoms with Gasteiger partial charge in [-0.15, -0.1) is 0 Å². The Hall–Kier alpha value is -1.99. The number of nitro benzene ring substituents is 1. The number of hydrogen-bond acceptors (Lipinski definition) is 5. The largest absolute Gasteiger partial charge is 0.480 e. The summed E-state index contributed by atoms with van der Waals surface area (Å²) in [6.07, 6.45) is 0. The second-order valence-electron chi connectivity index (χ2n) is 3.34. The Morgan fingerprint density at radius 2 is 2.12 bits per heavy atom. The molecule has 1 aromatic carbocycles. The van der Waals surface area contributed by atoms with Crippen molar-refractivity contribution in [3.63, 3.8) is 0 Å². The minimum absolute atomic E-state index is 0.00861. The number of hydrogen-bond donors (Lipinski definition) is 3.